The van der Waals surface area contributed by atoms with Crippen LogP contribution in [-0.2, 0) is 10.2 Å². The molecule has 2 atom stereocenters. The third-order valence-electron chi connectivity index (χ3n) is 4.89. The van der Waals surface area contributed by atoms with Crippen molar-refractivity contribution < 1.29 is 14.3 Å². The van der Waals surface area contributed by atoms with Crippen molar-refractivity contribution in [2.45, 2.75) is 45.1 Å². The minimum absolute atomic E-state index is 0.160. The summed E-state index contributed by atoms with van der Waals surface area (Å²) in [5.41, 5.74) is 0.843. The highest BCUT2D eigenvalue weighted by atomic mass is 19.1. The van der Waals surface area contributed by atoms with Crippen LogP contribution in [0.3, 0.4) is 0 Å². The van der Waals surface area contributed by atoms with Gasteiger partial charge in [0.15, 0.2) is 0 Å². The molecule has 0 spiro atoms. The highest BCUT2D eigenvalue weighted by molar-refractivity contribution is 5.88. The van der Waals surface area contributed by atoms with Gasteiger partial charge in [0.25, 0.3) is 0 Å². The van der Waals surface area contributed by atoms with Gasteiger partial charge in [0.1, 0.15) is 5.82 Å². The van der Waals surface area contributed by atoms with Crippen molar-refractivity contribution in [2.24, 2.45) is 5.92 Å². The molecule has 0 saturated carbocycles. The molecule has 2 aromatic rings. The van der Waals surface area contributed by atoms with E-state index in [2.05, 4.69) is 19.2 Å². The van der Waals surface area contributed by atoms with Crippen molar-refractivity contribution >= 4 is 5.91 Å². The minimum atomic E-state index is -0.791. The van der Waals surface area contributed by atoms with E-state index in [-0.39, 0.29) is 18.3 Å². The summed E-state index contributed by atoms with van der Waals surface area (Å²) in [5.74, 6) is -0.0316. The molecule has 0 radical (unpaired) electrons. The van der Waals surface area contributed by atoms with Crippen molar-refractivity contribution in [3.05, 3.63) is 71.5 Å². The fourth-order valence-corrected chi connectivity index (χ4v) is 3.02. The van der Waals surface area contributed by atoms with E-state index in [1.165, 1.54) is 12.1 Å². The molecule has 0 fully saturated rings. The normalized spacial score (nSPS) is 14.7. The van der Waals surface area contributed by atoms with Crippen LogP contribution >= 0.6 is 0 Å². The van der Waals surface area contributed by atoms with E-state index in [1.807, 2.05) is 37.3 Å². The van der Waals surface area contributed by atoms with E-state index < -0.39 is 11.5 Å². The molecule has 0 aliphatic rings. The largest absolute Gasteiger partial charge is 0.394 e. The Morgan fingerprint density at radius 2 is 1.73 bits per heavy atom. The van der Waals surface area contributed by atoms with Gasteiger partial charge in [-0.15, -0.1) is 0 Å². The molecule has 2 rings (SSSR count). The van der Waals surface area contributed by atoms with Crippen molar-refractivity contribution in [3.63, 3.8) is 0 Å². The van der Waals surface area contributed by atoms with Gasteiger partial charge in [0, 0.05) is 0 Å². The van der Waals surface area contributed by atoms with Gasteiger partial charge in [-0.05, 0) is 48.9 Å². The third-order valence-corrected chi connectivity index (χ3v) is 4.89. The maximum Gasteiger partial charge on any atom is 0.230 e. The van der Waals surface area contributed by atoms with E-state index in [0.717, 1.165) is 17.5 Å². The Balaban J connectivity index is 2.28. The Kier molecular flexibility index (Phi) is 6.92. The highest BCUT2D eigenvalue weighted by Crippen LogP contribution is 2.32. The van der Waals surface area contributed by atoms with Crippen LogP contribution in [0.1, 0.15) is 50.8 Å². The van der Waals surface area contributed by atoms with Gasteiger partial charge in [-0.1, -0.05) is 56.3 Å². The summed E-state index contributed by atoms with van der Waals surface area (Å²) in [6.07, 6.45) is 1.52. The Morgan fingerprint density at radius 1 is 1.12 bits per heavy atom. The number of amides is 1. The maximum absolute atomic E-state index is 13.3. The second-order valence-corrected chi connectivity index (χ2v) is 7.39. The zero-order valence-electron chi connectivity index (χ0n) is 15.7. The van der Waals surface area contributed by atoms with Gasteiger partial charge in [-0.3, -0.25) is 4.79 Å². The summed E-state index contributed by atoms with van der Waals surface area (Å²) in [6, 6.07) is 15.1. The van der Waals surface area contributed by atoms with Crippen LogP contribution in [-0.4, -0.2) is 17.6 Å². The van der Waals surface area contributed by atoms with Crippen molar-refractivity contribution in [1.29, 1.82) is 0 Å². The Bertz CT molecular complexity index is 700. The standard InChI is InChI=1S/C22H28FNO2/c1-16(2)13-14-22(3,18-9-11-19(23)12-10-18)21(26)24-20(15-25)17-7-5-4-6-8-17/h4-12,16,20,25H,13-15H2,1-3H3,(H,24,26)/t20-,22?/m0/s1. The first-order chi connectivity index (χ1) is 12.4. The lowest BCUT2D eigenvalue weighted by atomic mass is 9.76. The van der Waals surface area contributed by atoms with Gasteiger partial charge in [-0.25, -0.2) is 4.39 Å². The molecule has 0 heterocycles. The topological polar surface area (TPSA) is 49.3 Å². The number of carbonyl (C=O) groups excluding carboxylic acids is 1. The SMILES string of the molecule is CC(C)CCC(C)(C(=O)N[C@@H](CO)c1ccccc1)c1ccc(F)cc1. The number of hydrogen-bond donors (Lipinski definition) is 2. The van der Waals surface area contributed by atoms with E-state index in [4.69, 9.17) is 0 Å². The lowest BCUT2D eigenvalue weighted by Crippen LogP contribution is -2.45. The molecule has 1 amide bonds. The highest BCUT2D eigenvalue weighted by Gasteiger charge is 2.36. The van der Waals surface area contributed by atoms with Gasteiger partial charge in [-0.2, -0.15) is 0 Å². The predicted molar refractivity (Wildman–Crippen MR) is 102 cm³/mol. The summed E-state index contributed by atoms with van der Waals surface area (Å²) >= 11 is 0. The van der Waals surface area contributed by atoms with Crippen LogP contribution in [0.5, 0.6) is 0 Å². The second kappa shape index (κ2) is 8.95. The zero-order chi connectivity index (χ0) is 19.2. The van der Waals surface area contributed by atoms with Crippen LogP contribution in [0, 0.1) is 11.7 Å². The first-order valence-corrected chi connectivity index (χ1v) is 9.09. The number of nitrogens with one attached hydrogen (secondary N) is 1. The summed E-state index contributed by atoms with van der Waals surface area (Å²) in [6.45, 7) is 5.93. The molecule has 4 heteroatoms. The van der Waals surface area contributed by atoms with Crippen LogP contribution in [0.15, 0.2) is 54.6 Å². The van der Waals surface area contributed by atoms with Crippen LogP contribution in [0.25, 0.3) is 0 Å². The van der Waals surface area contributed by atoms with Gasteiger partial charge in [0.05, 0.1) is 18.1 Å². The summed E-state index contributed by atoms with van der Waals surface area (Å²) < 4.78 is 13.3. The number of rotatable bonds is 8. The minimum Gasteiger partial charge on any atom is -0.394 e. The first-order valence-electron chi connectivity index (χ1n) is 9.09. The fourth-order valence-electron chi connectivity index (χ4n) is 3.02. The van der Waals surface area contributed by atoms with E-state index in [1.54, 1.807) is 12.1 Å². The van der Waals surface area contributed by atoms with Crippen LogP contribution < -0.4 is 5.32 Å². The molecule has 26 heavy (non-hydrogen) atoms. The van der Waals surface area contributed by atoms with Crippen LogP contribution in [0.2, 0.25) is 0 Å². The molecular formula is C22H28FNO2. The van der Waals surface area contributed by atoms with E-state index in [9.17, 15) is 14.3 Å². The molecule has 2 aromatic carbocycles. The lowest BCUT2D eigenvalue weighted by Gasteiger charge is -2.32. The van der Waals surface area contributed by atoms with Crippen molar-refractivity contribution in [1.82, 2.24) is 5.32 Å². The number of aliphatic hydroxyl groups is 1. The maximum atomic E-state index is 13.3. The molecule has 0 bridgehead atoms. The Labute approximate surface area is 155 Å². The molecule has 0 saturated heterocycles. The fraction of sp³-hybridized carbons (Fsp3) is 0.409. The number of aliphatic hydroxyl groups excluding tert-OH is 1. The number of benzene rings is 2. The smallest absolute Gasteiger partial charge is 0.230 e. The Hall–Kier alpha value is -2.20. The van der Waals surface area contributed by atoms with Gasteiger partial charge >= 0.3 is 0 Å². The number of carbonyl (C=O) groups is 1. The molecule has 3 nitrogen and oxygen atoms in total. The summed E-state index contributed by atoms with van der Waals surface area (Å²) in [7, 11) is 0. The summed E-state index contributed by atoms with van der Waals surface area (Å²) in [4.78, 5) is 13.2. The molecular weight excluding hydrogens is 329 g/mol. The number of hydrogen-bond acceptors (Lipinski definition) is 2. The Morgan fingerprint density at radius 3 is 2.27 bits per heavy atom. The van der Waals surface area contributed by atoms with Gasteiger partial charge < -0.3 is 10.4 Å². The molecule has 0 aliphatic heterocycles. The van der Waals surface area contributed by atoms with E-state index in [0.29, 0.717) is 12.3 Å². The van der Waals surface area contributed by atoms with Crippen molar-refractivity contribution in [3.8, 4) is 0 Å². The van der Waals surface area contributed by atoms with Gasteiger partial charge in [0.2, 0.25) is 5.91 Å². The molecule has 1 unspecified atom stereocenters. The average molecular weight is 357 g/mol. The second-order valence-electron chi connectivity index (χ2n) is 7.39. The molecule has 0 aliphatic carbocycles. The molecule has 0 aromatic heterocycles. The quantitative estimate of drug-likeness (QED) is 0.737. The third kappa shape index (κ3) is 4.92. The number of halogens is 1. The van der Waals surface area contributed by atoms with Crippen LogP contribution in [0.4, 0.5) is 4.39 Å². The monoisotopic (exact) mass is 357 g/mol. The van der Waals surface area contributed by atoms with Crippen molar-refractivity contribution in [2.75, 3.05) is 6.61 Å². The first kappa shape index (κ1) is 20.1. The predicted octanol–water partition coefficient (Wildman–Crippen LogP) is 4.37. The average Bonchev–Trinajstić information content (AvgIpc) is 2.65. The molecule has 2 N–H and O–H groups in total. The summed E-state index contributed by atoms with van der Waals surface area (Å²) in [5, 5.41) is 12.7. The van der Waals surface area contributed by atoms with E-state index >= 15 is 0 Å². The lowest BCUT2D eigenvalue weighted by molar-refractivity contribution is -0.127. The zero-order valence-corrected chi connectivity index (χ0v) is 15.7. The molecule has 140 valence electrons.